The summed E-state index contributed by atoms with van der Waals surface area (Å²) in [6, 6.07) is 7.42. The molecule has 0 atom stereocenters. The Kier molecular flexibility index (Phi) is 3.08. The Balaban J connectivity index is 1.82. The van der Waals surface area contributed by atoms with Crippen LogP contribution in [-0.2, 0) is 0 Å². The smallest absolute Gasteiger partial charge is 0.104 e. The molecule has 1 aliphatic rings. The number of imidazole rings is 1. The van der Waals surface area contributed by atoms with Crippen LogP contribution in [0, 0.1) is 6.92 Å². The van der Waals surface area contributed by atoms with E-state index < -0.39 is 0 Å². The molecule has 1 fully saturated rings. The first-order chi connectivity index (χ1) is 8.76. The lowest BCUT2D eigenvalue weighted by Gasteiger charge is -2.28. The Morgan fingerprint density at radius 2 is 2.00 bits per heavy atom. The number of nitrogens with zero attached hydrogens (tertiary/aromatic N) is 1. The summed E-state index contributed by atoms with van der Waals surface area (Å²) in [5.74, 6) is 1.73. The van der Waals surface area contributed by atoms with E-state index >= 15 is 0 Å². The van der Waals surface area contributed by atoms with E-state index in [4.69, 9.17) is 0 Å². The van der Waals surface area contributed by atoms with Gasteiger partial charge in [-0.05, 0) is 63.3 Å². The number of fused-ring (bicyclic) bond motifs is 1. The number of hydrogen-bond acceptors (Lipinski definition) is 2. The molecule has 1 saturated carbocycles. The molecule has 0 saturated heterocycles. The van der Waals surface area contributed by atoms with Gasteiger partial charge in [0.2, 0.25) is 0 Å². The fraction of sp³-hybridized carbons (Fsp3) is 0.533. The third-order valence-electron chi connectivity index (χ3n) is 4.23. The fourth-order valence-electron chi connectivity index (χ4n) is 3.12. The number of aromatic amines is 1. The number of aryl methyl sites for hydroxylation is 1. The molecular formula is C15H21N3. The molecule has 0 spiro atoms. The van der Waals surface area contributed by atoms with Crippen LogP contribution in [0.2, 0.25) is 0 Å². The minimum atomic E-state index is 0.722. The number of hydrogen-bond donors (Lipinski definition) is 2. The van der Waals surface area contributed by atoms with Gasteiger partial charge in [-0.3, -0.25) is 0 Å². The largest absolute Gasteiger partial charge is 0.342 e. The summed E-state index contributed by atoms with van der Waals surface area (Å²) < 4.78 is 0. The highest BCUT2D eigenvalue weighted by Crippen LogP contribution is 2.33. The average molecular weight is 243 g/mol. The van der Waals surface area contributed by atoms with Gasteiger partial charge in [-0.2, -0.15) is 0 Å². The highest BCUT2D eigenvalue weighted by molar-refractivity contribution is 5.76. The molecule has 0 aliphatic heterocycles. The summed E-state index contributed by atoms with van der Waals surface area (Å²) in [4.78, 5) is 7.79. The number of H-pyrrole nitrogens is 1. The van der Waals surface area contributed by atoms with Crippen molar-refractivity contribution in [2.75, 3.05) is 7.05 Å². The van der Waals surface area contributed by atoms with Crippen molar-refractivity contribution in [1.82, 2.24) is 15.3 Å². The van der Waals surface area contributed by atoms with Crippen molar-refractivity contribution in [2.24, 2.45) is 0 Å². The van der Waals surface area contributed by atoms with Crippen molar-refractivity contribution >= 4 is 11.0 Å². The Hall–Kier alpha value is -1.35. The number of rotatable bonds is 2. The summed E-state index contributed by atoms with van der Waals surface area (Å²) in [6.45, 7) is 2.01. The van der Waals surface area contributed by atoms with E-state index in [9.17, 15) is 0 Å². The number of aromatic nitrogens is 2. The third-order valence-corrected chi connectivity index (χ3v) is 4.23. The van der Waals surface area contributed by atoms with Crippen molar-refractivity contribution in [3.63, 3.8) is 0 Å². The van der Waals surface area contributed by atoms with Crippen LogP contribution in [0.3, 0.4) is 0 Å². The van der Waals surface area contributed by atoms with Gasteiger partial charge in [-0.1, -0.05) is 6.07 Å². The van der Waals surface area contributed by atoms with Gasteiger partial charge in [-0.15, -0.1) is 0 Å². The van der Waals surface area contributed by atoms with Crippen LogP contribution in [0.4, 0.5) is 0 Å². The molecule has 0 radical (unpaired) electrons. The summed E-state index contributed by atoms with van der Waals surface area (Å²) in [6.07, 6.45) is 5.18. The van der Waals surface area contributed by atoms with Crippen LogP contribution in [0.15, 0.2) is 18.2 Å². The predicted molar refractivity (Wildman–Crippen MR) is 74.9 cm³/mol. The van der Waals surface area contributed by atoms with E-state index in [1.54, 1.807) is 0 Å². The van der Waals surface area contributed by atoms with Crippen LogP contribution in [0.25, 0.3) is 11.0 Å². The first-order valence-corrected chi connectivity index (χ1v) is 6.90. The Labute approximate surface area is 108 Å². The average Bonchev–Trinajstić information content (AvgIpc) is 2.78. The van der Waals surface area contributed by atoms with Gasteiger partial charge in [0, 0.05) is 6.04 Å². The highest BCUT2D eigenvalue weighted by Gasteiger charge is 2.21. The van der Waals surface area contributed by atoms with Crippen molar-refractivity contribution in [3.05, 3.63) is 29.6 Å². The van der Waals surface area contributed by atoms with Crippen LogP contribution in [0.5, 0.6) is 0 Å². The minimum Gasteiger partial charge on any atom is -0.342 e. The van der Waals surface area contributed by atoms with Crippen LogP contribution < -0.4 is 5.32 Å². The van der Waals surface area contributed by atoms with E-state index in [2.05, 4.69) is 40.5 Å². The molecule has 2 aromatic rings. The molecule has 3 rings (SSSR count). The molecule has 96 valence electrons. The Bertz CT molecular complexity index is 536. The maximum absolute atomic E-state index is 4.46. The maximum Gasteiger partial charge on any atom is 0.104 e. The minimum absolute atomic E-state index is 0.722. The van der Waals surface area contributed by atoms with E-state index in [-0.39, 0.29) is 0 Å². The second-order valence-electron chi connectivity index (χ2n) is 5.44. The quantitative estimate of drug-likeness (QED) is 0.851. The highest BCUT2D eigenvalue weighted by atomic mass is 14.9. The molecule has 2 N–H and O–H groups in total. The molecule has 1 heterocycles. The lowest BCUT2D eigenvalue weighted by atomic mass is 9.82. The van der Waals surface area contributed by atoms with Crippen LogP contribution in [0.1, 0.15) is 43.0 Å². The topological polar surface area (TPSA) is 40.7 Å². The number of benzene rings is 1. The summed E-state index contributed by atoms with van der Waals surface area (Å²) in [5.41, 5.74) is 3.74. The predicted octanol–water partition coefficient (Wildman–Crippen LogP) is 3.12. The molecular weight excluding hydrogens is 222 g/mol. The van der Waals surface area contributed by atoms with Gasteiger partial charge in [-0.25, -0.2) is 4.98 Å². The molecule has 0 unspecified atom stereocenters. The first-order valence-electron chi connectivity index (χ1n) is 6.90. The molecule has 3 heteroatoms. The van der Waals surface area contributed by atoms with Gasteiger partial charge in [0.25, 0.3) is 0 Å². The third kappa shape index (κ3) is 2.15. The van der Waals surface area contributed by atoms with E-state index in [0.717, 1.165) is 23.3 Å². The van der Waals surface area contributed by atoms with Gasteiger partial charge < -0.3 is 10.3 Å². The van der Waals surface area contributed by atoms with Crippen LogP contribution >= 0.6 is 0 Å². The normalized spacial score (nSPS) is 24.6. The number of nitrogens with one attached hydrogen (secondary N) is 2. The zero-order valence-corrected chi connectivity index (χ0v) is 11.2. The Morgan fingerprint density at radius 1 is 1.22 bits per heavy atom. The molecule has 18 heavy (non-hydrogen) atoms. The second kappa shape index (κ2) is 4.73. The first kappa shape index (κ1) is 11.7. The van der Waals surface area contributed by atoms with Gasteiger partial charge in [0.05, 0.1) is 11.0 Å². The zero-order valence-electron chi connectivity index (χ0n) is 11.2. The van der Waals surface area contributed by atoms with E-state index in [0.29, 0.717) is 0 Å². The van der Waals surface area contributed by atoms with Crippen molar-refractivity contribution in [3.8, 4) is 0 Å². The molecule has 1 aliphatic carbocycles. The molecule has 0 bridgehead atoms. The fourth-order valence-corrected chi connectivity index (χ4v) is 3.12. The standard InChI is InChI=1S/C15H21N3/c1-10-17-14-8-5-12(9-15(14)18-10)11-3-6-13(16-2)7-4-11/h5,8-9,11,13,16H,3-4,6-7H2,1-2H3,(H,17,18). The van der Waals surface area contributed by atoms with Gasteiger partial charge in [0.1, 0.15) is 5.82 Å². The Morgan fingerprint density at radius 3 is 2.72 bits per heavy atom. The SMILES string of the molecule is CNC1CCC(c2ccc3nc(C)[nH]c3c2)CC1. The maximum atomic E-state index is 4.46. The summed E-state index contributed by atoms with van der Waals surface area (Å²) in [7, 11) is 2.07. The monoisotopic (exact) mass is 243 g/mol. The molecule has 1 aromatic heterocycles. The second-order valence-corrected chi connectivity index (χ2v) is 5.44. The van der Waals surface area contributed by atoms with Crippen molar-refractivity contribution in [1.29, 1.82) is 0 Å². The van der Waals surface area contributed by atoms with E-state index in [1.165, 1.54) is 36.8 Å². The zero-order chi connectivity index (χ0) is 12.5. The lowest BCUT2D eigenvalue weighted by molar-refractivity contribution is 0.359. The summed E-state index contributed by atoms with van der Waals surface area (Å²) in [5, 5.41) is 3.39. The van der Waals surface area contributed by atoms with Gasteiger partial charge >= 0.3 is 0 Å². The van der Waals surface area contributed by atoms with Crippen molar-refractivity contribution < 1.29 is 0 Å². The van der Waals surface area contributed by atoms with Crippen molar-refractivity contribution in [2.45, 2.75) is 44.6 Å². The molecule has 1 aromatic carbocycles. The van der Waals surface area contributed by atoms with Gasteiger partial charge in [0.15, 0.2) is 0 Å². The lowest BCUT2D eigenvalue weighted by Crippen LogP contribution is -2.29. The molecule has 3 nitrogen and oxygen atoms in total. The summed E-state index contributed by atoms with van der Waals surface area (Å²) >= 11 is 0. The molecule has 0 amide bonds. The van der Waals surface area contributed by atoms with E-state index in [1.807, 2.05) is 6.92 Å². The van der Waals surface area contributed by atoms with Crippen LogP contribution in [-0.4, -0.2) is 23.1 Å².